The van der Waals surface area contributed by atoms with Crippen LogP contribution in [0.25, 0.3) is 0 Å². The standard InChI is InChI=1S/C16H29N3/c1-5-14(3)11-16(6-2,13-17)19(4)12-15-7-9-18-10-8-15/h7-10,14H,5-6,11-13,17H2,1-4H3. The van der Waals surface area contributed by atoms with Crippen molar-refractivity contribution in [2.75, 3.05) is 13.6 Å². The molecule has 0 aliphatic rings. The van der Waals surface area contributed by atoms with Crippen LogP contribution < -0.4 is 5.73 Å². The molecule has 0 amide bonds. The normalized spacial score (nSPS) is 16.3. The van der Waals surface area contributed by atoms with Crippen LogP contribution in [0, 0.1) is 5.92 Å². The fourth-order valence-corrected chi connectivity index (χ4v) is 2.68. The molecular weight excluding hydrogens is 234 g/mol. The van der Waals surface area contributed by atoms with Gasteiger partial charge in [-0.3, -0.25) is 9.88 Å². The summed E-state index contributed by atoms with van der Waals surface area (Å²) >= 11 is 0. The van der Waals surface area contributed by atoms with Crippen molar-refractivity contribution in [1.29, 1.82) is 0 Å². The monoisotopic (exact) mass is 263 g/mol. The van der Waals surface area contributed by atoms with Crippen LogP contribution in [0.1, 0.15) is 45.6 Å². The van der Waals surface area contributed by atoms with E-state index >= 15 is 0 Å². The quantitative estimate of drug-likeness (QED) is 0.784. The third-order valence-electron chi connectivity index (χ3n) is 4.44. The summed E-state index contributed by atoms with van der Waals surface area (Å²) in [5.74, 6) is 0.711. The van der Waals surface area contributed by atoms with Crippen LogP contribution in [0.15, 0.2) is 24.5 Å². The first-order valence-corrected chi connectivity index (χ1v) is 7.38. The second-order valence-corrected chi connectivity index (χ2v) is 5.71. The minimum absolute atomic E-state index is 0.110. The summed E-state index contributed by atoms with van der Waals surface area (Å²) in [5, 5.41) is 0. The molecule has 2 N–H and O–H groups in total. The third kappa shape index (κ3) is 4.29. The molecule has 0 aliphatic heterocycles. The maximum atomic E-state index is 6.12. The number of likely N-dealkylation sites (N-methyl/N-ethyl adjacent to an activating group) is 1. The lowest BCUT2D eigenvalue weighted by molar-refractivity contribution is 0.0855. The highest BCUT2D eigenvalue weighted by atomic mass is 15.2. The van der Waals surface area contributed by atoms with Crippen LogP contribution in [-0.4, -0.2) is 29.0 Å². The zero-order chi connectivity index (χ0) is 14.3. The van der Waals surface area contributed by atoms with Crippen molar-refractivity contribution < 1.29 is 0 Å². The van der Waals surface area contributed by atoms with Gasteiger partial charge in [-0.2, -0.15) is 0 Å². The summed E-state index contributed by atoms with van der Waals surface area (Å²) < 4.78 is 0. The van der Waals surface area contributed by atoms with E-state index in [2.05, 4.69) is 49.8 Å². The molecule has 0 aromatic carbocycles. The number of nitrogens with two attached hydrogens (primary N) is 1. The van der Waals surface area contributed by atoms with Crippen molar-refractivity contribution in [1.82, 2.24) is 9.88 Å². The lowest BCUT2D eigenvalue weighted by Crippen LogP contribution is -2.52. The SMILES string of the molecule is CCC(C)CC(CC)(CN)N(C)Cc1ccncc1. The highest BCUT2D eigenvalue weighted by Crippen LogP contribution is 2.28. The fraction of sp³-hybridized carbons (Fsp3) is 0.688. The lowest BCUT2D eigenvalue weighted by atomic mass is 9.83. The summed E-state index contributed by atoms with van der Waals surface area (Å²) in [4.78, 5) is 6.50. The Morgan fingerprint density at radius 3 is 2.42 bits per heavy atom. The number of aromatic nitrogens is 1. The molecule has 2 atom stereocenters. The van der Waals surface area contributed by atoms with Gasteiger partial charge in [0.1, 0.15) is 0 Å². The first-order chi connectivity index (χ1) is 9.07. The third-order valence-corrected chi connectivity index (χ3v) is 4.44. The van der Waals surface area contributed by atoms with Gasteiger partial charge in [-0.1, -0.05) is 27.2 Å². The summed E-state index contributed by atoms with van der Waals surface area (Å²) in [5.41, 5.74) is 7.53. The molecule has 0 radical (unpaired) electrons. The number of pyridine rings is 1. The van der Waals surface area contributed by atoms with Gasteiger partial charge in [0.15, 0.2) is 0 Å². The van der Waals surface area contributed by atoms with E-state index in [0.717, 1.165) is 25.9 Å². The van der Waals surface area contributed by atoms with E-state index in [4.69, 9.17) is 5.73 Å². The Morgan fingerprint density at radius 1 is 1.32 bits per heavy atom. The van der Waals surface area contributed by atoms with Crippen LogP contribution in [0.5, 0.6) is 0 Å². The van der Waals surface area contributed by atoms with Gasteiger partial charge in [0.05, 0.1) is 0 Å². The van der Waals surface area contributed by atoms with Crippen LogP contribution >= 0.6 is 0 Å². The Kier molecular flexibility index (Phi) is 6.46. The topological polar surface area (TPSA) is 42.1 Å². The Hall–Kier alpha value is -0.930. The molecule has 1 rings (SSSR count). The van der Waals surface area contributed by atoms with Crippen LogP contribution in [0.3, 0.4) is 0 Å². The van der Waals surface area contributed by atoms with Crippen LogP contribution in [-0.2, 0) is 6.54 Å². The van der Waals surface area contributed by atoms with Crippen molar-refractivity contribution in [2.24, 2.45) is 11.7 Å². The Labute approximate surface area is 118 Å². The fourth-order valence-electron chi connectivity index (χ4n) is 2.68. The van der Waals surface area contributed by atoms with Crippen molar-refractivity contribution in [2.45, 2.75) is 52.1 Å². The molecular formula is C16H29N3. The van der Waals surface area contributed by atoms with E-state index in [1.54, 1.807) is 0 Å². The minimum atomic E-state index is 0.110. The first-order valence-electron chi connectivity index (χ1n) is 7.38. The summed E-state index contributed by atoms with van der Waals surface area (Å²) in [6.07, 6.45) is 7.18. The molecule has 2 unspecified atom stereocenters. The maximum absolute atomic E-state index is 6.12. The molecule has 3 nitrogen and oxygen atoms in total. The van der Waals surface area contributed by atoms with Gasteiger partial charge in [-0.15, -0.1) is 0 Å². The van der Waals surface area contributed by atoms with E-state index in [9.17, 15) is 0 Å². The molecule has 1 heterocycles. The summed E-state index contributed by atoms with van der Waals surface area (Å²) in [7, 11) is 2.19. The van der Waals surface area contributed by atoms with Crippen molar-refractivity contribution in [3.05, 3.63) is 30.1 Å². The van der Waals surface area contributed by atoms with E-state index < -0.39 is 0 Å². The first kappa shape index (κ1) is 16.1. The molecule has 3 heteroatoms. The predicted molar refractivity (Wildman–Crippen MR) is 81.9 cm³/mol. The molecule has 0 saturated heterocycles. The molecule has 1 aromatic heterocycles. The number of rotatable bonds is 8. The van der Waals surface area contributed by atoms with Crippen LogP contribution in [0.2, 0.25) is 0 Å². The molecule has 108 valence electrons. The van der Waals surface area contributed by atoms with Crippen molar-refractivity contribution in [3.63, 3.8) is 0 Å². The predicted octanol–water partition coefficient (Wildman–Crippen LogP) is 3.06. The zero-order valence-electron chi connectivity index (χ0n) is 12.9. The number of nitrogens with zero attached hydrogens (tertiary/aromatic N) is 2. The van der Waals surface area contributed by atoms with Gasteiger partial charge in [-0.25, -0.2) is 0 Å². The molecule has 0 saturated carbocycles. The second kappa shape index (κ2) is 7.61. The average Bonchev–Trinajstić information content (AvgIpc) is 2.45. The van der Waals surface area contributed by atoms with E-state index in [1.807, 2.05) is 12.4 Å². The van der Waals surface area contributed by atoms with Gasteiger partial charge in [0.2, 0.25) is 0 Å². The molecule has 0 fully saturated rings. The smallest absolute Gasteiger partial charge is 0.0332 e. The van der Waals surface area contributed by atoms with Gasteiger partial charge < -0.3 is 5.73 Å². The summed E-state index contributed by atoms with van der Waals surface area (Å²) in [6, 6.07) is 4.16. The molecule has 1 aromatic rings. The van der Waals surface area contributed by atoms with Crippen LogP contribution in [0.4, 0.5) is 0 Å². The number of hydrogen-bond acceptors (Lipinski definition) is 3. The lowest BCUT2D eigenvalue weighted by Gasteiger charge is -2.42. The second-order valence-electron chi connectivity index (χ2n) is 5.71. The Bertz CT molecular complexity index is 346. The maximum Gasteiger partial charge on any atom is 0.0332 e. The number of hydrogen-bond donors (Lipinski definition) is 1. The Morgan fingerprint density at radius 2 is 1.95 bits per heavy atom. The highest BCUT2D eigenvalue weighted by molar-refractivity contribution is 5.10. The van der Waals surface area contributed by atoms with Crippen molar-refractivity contribution in [3.8, 4) is 0 Å². The van der Waals surface area contributed by atoms with E-state index in [0.29, 0.717) is 5.92 Å². The largest absolute Gasteiger partial charge is 0.329 e. The minimum Gasteiger partial charge on any atom is -0.329 e. The summed E-state index contributed by atoms with van der Waals surface area (Å²) in [6.45, 7) is 8.47. The molecule has 0 bridgehead atoms. The van der Waals surface area contributed by atoms with E-state index in [-0.39, 0.29) is 5.54 Å². The average molecular weight is 263 g/mol. The molecule has 0 aliphatic carbocycles. The van der Waals surface area contributed by atoms with Gasteiger partial charge >= 0.3 is 0 Å². The molecule has 19 heavy (non-hydrogen) atoms. The van der Waals surface area contributed by atoms with E-state index in [1.165, 1.54) is 12.0 Å². The molecule has 0 spiro atoms. The zero-order valence-corrected chi connectivity index (χ0v) is 12.9. The van der Waals surface area contributed by atoms with Gasteiger partial charge in [0.25, 0.3) is 0 Å². The van der Waals surface area contributed by atoms with Gasteiger partial charge in [-0.05, 0) is 43.5 Å². The highest BCUT2D eigenvalue weighted by Gasteiger charge is 2.32. The van der Waals surface area contributed by atoms with Crippen molar-refractivity contribution >= 4 is 0 Å². The van der Waals surface area contributed by atoms with Gasteiger partial charge in [0, 0.05) is 31.0 Å². The Balaban J connectivity index is 2.80.